The second-order valence-corrected chi connectivity index (χ2v) is 5.89. The number of hydrogen-bond acceptors (Lipinski definition) is 3. The van der Waals surface area contributed by atoms with E-state index >= 15 is 0 Å². The summed E-state index contributed by atoms with van der Waals surface area (Å²) >= 11 is 1.37. The minimum Gasteiger partial charge on any atom is -0.319 e. The van der Waals surface area contributed by atoms with Gasteiger partial charge in [-0.3, -0.25) is 0 Å². The first-order valence-electron chi connectivity index (χ1n) is 4.28. The molecular formula is C9H10N2O2S2. The van der Waals surface area contributed by atoms with Crippen molar-refractivity contribution >= 4 is 31.6 Å². The fraction of sp³-hybridized carbons (Fsp3) is 0.222. The van der Waals surface area contributed by atoms with E-state index in [0.717, 1.165) is 16.5 Å². The van der Waals surface area contributed by atoms with Gasteiger partial charge in [-0.25, -0.2) is 8.42 Å². The summed E-state index contributed by atoms with van der Waals surface area (Å²) in [4.78, 5) is 0.499. The third kappa shape index (κ3) is 2.10. The van der Waals surface area contributed by atoms with Crippen LogP contribution in [0.4, 0.5) is 0 Å². The van der Waals surface area contributed by atoms with Crippen LogP contribution in [-0.2, 0) is 17.1 Å². The molecule has 0 saturated carbocycles. The van der Waals surface area contributed by atoms with Crippen LogP contribution in [0.25, 0.3) is 10.2 Å². The largest absolute Gasteiger partial charge is 0.319 e. The molecule has 1 aromatic heterocycles. The lowest BCUT2D eigenvalue weighted by atomic mass is 10.3. The summed E-state index contributed by atoms with van der Waals surface area (Å²) in [6.45, 7) is 0. The summed E-state index contributed by atoms with van der Waals surface area (Å²) in [6.07, 6.45) is 1.09. The van der Waals surface area contributed by atoms with Gasteiger partial charge in [-0.2, -0.15) is 0 Å². The molecule has 4 nitrogen and oxygen atoms in total. The third-order valence-corrected chi connectivity index (χ3v) is 3.69. The number of thiazole rings is 1. The molecule has 1 heterocycles. The van der Waals surface area contributed by atoms with E-state index in [-0.39, 0.29) is 0 Å². The van der Waals surface area contributed by atoms with Crippen LogP contribution in [-0.4, -0.2) is 19.2 Å². The Hall–Kier alpha value is -1.14. The number of fused-ring (bicyclic) bond motifs is 1. The van der Waals surface area contributed by atoms with Gasteiger partial charge in [0.1, 0.15) is 0 Å². The Kier molecular flexibility index (Phi) is 2.40. The van der Waals surface area contributed by atoms with Crippen LogP contribution >= 0.6 is 11.3 Å². The molecule has 0 unspecified atom stereocenters. The first-order chi connectivity index (χ1) is 6.97. The summed E-state index contributed by atoms with van der Waals surface area (Å²) in [5.41, 5.74) is 0.991. The highest BCUT2D eigenvalue weighted by molar-refractivity contribution is 7.89. The van der Waals surface area contributed by atoms with Crippen molar-refractivity contribution in [3.05, 3.63) is 29.1 Å². The average Bonchev–Trinajstić information content (AvgIpc) is 2.42. The number of aryl methyl sites for hydroxylation is 1. The zero-order valence-corrected chi connectivity index (χ0v) is 9.97. The van der Waals surface area contributed by atoms with Crippen molar-refractivity contribution in [2.45, 2.75) is 0 Å². The molecule has 0 radical (unpaired) electrons. The van der Waals surface area contributed by atoms with Gasteiger partial charge < -0.3 is 4.57 Å². The summed E-state index contributed by atoms with van der Waals surface area (Å²) in [6, 6.07) is 7.72. The molecule has 0 amide bonds. The predicted octanol–water partition coefficient (Wildman–Crippen LogP) is 1.10. The summed E-state index contributed by atoms with van der Waals surface area (Å²) in [5.74, 6) is 0. The molecule has 1 aromatic carbocycles. The van der Waals surface area contributed by atoms with Gasteiger partial charge in [-0.1, -0.05) is 23.5 Å². The molecule has 0 fully saturated rings. The second kappa shape index (κ2) is 3.46. The highest BCUT2D eigenvalue weighted by Gasteiger charge is 2.03. The molecular weight excluding hydrogens is 232 g/mol. The lowest BCUT2D eigenvalue weighted by Crippen LogP contribution is -2.12. The number of aromatic nitrogens is 1. The first-order valence-corrected chi connectivity index (χ1v) is 6.94. The first kappa shape index (κ1) is 10.4. The fourth-order valence-electron chi connectivity index (χ4n) is 1.31. The van der Waals surface area contributed by atoms with Gasteiger partial charge in [-0.05, 0) is 12.1 Å². The lowest BCUT2D eigenvalue weighted by Gasteiger charge is -1.93. The molecule has 0 bridgehead atoms. The van der Waals surface area contributed by atoms with Crippen LogP contribution in [0.3, 0.4) is 0 Å². The van der Waals surface area contributed by atoms with Crippen LogP contribution in [0.2, 0.25) is 0 Å². The van der Waals surface area contributed by atoms with Crippen LogP contribution < -0.4 is 4.80 Å². The molecule has 0 saturated heterocycles. The molecule has 80 valence electrons. The van der Waals surface area contributed by atoms with Gasteiger partial charge in [0, 0.05) is 7.05 Å². The van der Waals surface area contributed by atoms with Crippen molar-refractivity contribution in [1.29, 1.82) is 0 Å². The van der Waals surface area contributed by atoms with Crippen LogP contribution in [0.5, 0.6) is 0 Å². The molecule has 6 heteroatoms. The normalized spacial score (nSPS) is 13.6. The number of nitrogens with zero attached hydrogens (tertiary/aromatic N) is 2. The van der Waals surface area contributed by atoms with Crippen LogP contribution in [0.1, 0.15) is 0 Å². The quantitative estimate of drug-likeness (QED) is 0.752. The number of rotatable bonds is 1. The van der Waals surface area contributed by atoms with Crippen molar-refractivity contribution in [1.82, 2.24) is 4.57 Å². The number of sulfonamides is 1. The summed E-state index contributed by atoms with van der Waals surface area (Å²) in [5, 5.41) is 0. The van der Waals surface area contributed by atoms with Crippen LogP contribution in [0.15, 0.2) is 28.7 Å². The minimum absolute atomic E-state index is 0.499. The van der Waals surface area contributed by atoms with Crippen molar-refractivity contribution in [2.75, 3.05) is 6.26 Å². The third-order valence-electron chi connectivity index (χ3n) is 1.96. The van der Waals surface area contributed by atoms with Gasteiger partial charge in [-0.15, -0.1) is 4.40 Å². The monoisotopic (exact) mass is 242 g/mol. The Labute approximate surface area is 91.6 Å². The topological polar surface area (TPSA) is 51.4 Å². The Balaban J connectivity index is 2.86. The smallest absolute Gasteiger partial charge is 0.252 e. The van der Waals surface area contributed by atoms with Gasteiger partial charge >= 0.3 is 0 Å². The van der Waals surface area contributed by atoms with E-state index in [4.69, 9.17) is 0 Å². The highest BCUT2D eigenvalue weighted by atomic mass is 32.2. The summed E-state index contributed by atoms with van der Waals surface area (Å²) < 4.78 is 28.6. The molecule has 15 heavy (non-hydrogen) atoms. The predicted molar refractivity (Wildman–Crippen MR) is 61.2 cm³/mol. The standard InChI is InChI=1S/C9H10N2O2S2/c1-11-7-5-3-4-6-8(7)14-9(11)10-15(2,12)13/h3-6H,1-2H3/b10-9+. The van der Waals surface area contributed by atoms with Crippen molar-refractivity contribution in [3.8, 4) is 0 Å². The zero-order valence-electron chi connectivity index (χ0n) is 8.34. The van der Waals surface area contributed by atoms with Crippen LogP contribution in [0, 0.1) is 0 Å². The van der Waals surface area contributed by atoms with Crippen molar-refractivity contribution in [3.63, 3.8) is 0 Å². The van der Waals surface area contributed by atoms with E-state index < -0.39 is 10.0 Å². The van der Waals surface area contributed by atoms with E-state index in [2.05, 4.69) is 4.40 Å². The van der Waals surface area contributed by atoms with Gasteiger partial charge in [0.15, 0.2) is 0 Å². The van der Waals surface area contributed by atoms with Gasteiger partial charge in [0.25, 0.3) is 10.0 Å². The van der Waals surface area contributed by atoms with E-state index in [0.29, 0.717) is 4.80 Å². The molecule has 2 rings (SSSR count). The Morgan fingerprint density at radius 2 is 2.00 bits per heavy atom. The molecule has 0 atom stereocenters. The lowest BCUT2D eigenvalue weighted by molar-refractivity contribution is 0.602. The fourth-order valence-corrected chi connectivity index (χ4v) is 3.16. The molecule has 0 aliphatic carbocycles. The molecule has 0 aliphatic rings. The number of hydrogen-bond donors (Lipinski definition) is 0. The van der Waals surface area contributed by atoms with E-state index in [1.807, 2.05) is 31.3 Å². The molecule has 0 spiro atoms. The maximum Gasteiger partial charge on any atom is 0.252 e. The van der Waals surface area contributed by atoms with E-state index in [1.54, 1.807) is 4.57 Å². The van der Waals surface area contributed by atoms with E-state index in [9.17, 15) is 8.42 Å². The Morgan fingerprint density at radius 3 is 2.60 bits per heavy atom. The maximum absolute atomic E-state index is 11.1. The maximum atomic E-state index is 11.1. The number of para-hydroxylation sites is 1. The minimum atomic E-state index is -3.33. The molecule has 0 N–H and O–H groups in total. The average molecular weight is 242 g/mol. The van der Waals surface area contributed by atoms with Crippen molar-refractivity contribution in [2.24, 2.45) is 11.4 Å². The van der Waals surface area contributed by atoms with Gasteiger partial charge in [0.2, 0.25) is 4.80 Å². The molecule has 2 aromatic rings. The number of benzene rings is 1. The second-order valence-electron chi connectivity index (χ2n) is 3.24. The highest BCUT2D eigenvalue weighted by Crippen LogP contribution is 2.15. The van der Waals surface area contributed by atoms with Crippen molar-refractivity contribution < 1.29 is 8.42 Å². The van der Waals surface area contributed by atoms with E-state index in [1.165, 1.54) is 11.3 Å². The zero-order chi connectivity index (χ0) is 11.1. The van der Waals surface area contributed by atoms with Gasteiger partial charge in [0.05, 0.1) is 16.5 Å². The Bertz CT molecular complexity index is 665. The SMILES string of the molecule is Cn1/c(=N\S(C)(=O)=O)sc2ccccc21. The Morgan fingerprint density at radius 1 is 1.33 bits per heavy atom. The summed E-state index contributed by atoms with van der Waals surface area (Å²) in [7, 11) is -1.52. The molecule has 0 aliphatic heterocycles.